The van der Waals surface area contributed by atoms with E-state index in [-0.39, 0.29) is 0 Å². The van der Waals surface area contributed by atoms with E-state index >= 15 is 0 Å². The molecular formula is C16H24BrN3O2. The Morgan fingerprint density at radius 1 is 1.50 bits per heavy atom. The zero-order valence-electron chi connectivity index (χ0n) is 13.2. The van der Waals surface area contributed by atoms with Crippen molar-refractivity contribution in [2.75, 3.05) is 47.0 Å². The maximum absolute atomic E-state index is 5.72. The molecule has 6 heteroatoms. The van der Waals surface area contributed by atoms with Crippen molar-refractivity contribution in [1.29, 1.82) is 0 Å². The molecule has 0 saturated carbocycles. The van der Waals surface area contributed by atoms with Gasteiger partial charge in [0.2, 0.25) is 0 Å². The SMILES string of the molecule is CN=C(NCCOc1cccc(Br)c1)N1CCC(COC)C1. The fourth-order valence-corrected chi connectivity index (χ4v) is 3.00. The summed E-state index contributed by atoms with van der Waals surface area (Å²) >= 11 is 3.44. The second-order valence-electron chi connectivity index (χ2n) is 5.34. The van der Waals surface area contributed by atoms with Crippen molar-refractivity contribution in [1.82, 2.24) is 10.2 Å². The normalized spacial score (nSPS) is 18.6. The number of halogens is 1. The number of likely N-dealkylation sites (tertiary alicyclic amines) is 1. The standard InChI is InChI=1S/C16H24BrN3O2/c1-18-16(20-8-6-13(11-20)12-21-2)19-7-9-22-15-5-3-4-14(17)10-15/h3-5,10,13H,6-9,11-12H2,1-2H3,(H,18,19). The minimum atomic E-state index is 0.599. The van der Waals surface area contributed by atoms with Crippen LogP contribution in [-0.2, 0) is 4.74 Å². The third-order valence-electron chi connectivity index (χ3n) is 3.65. The first-order chi connectivity index (χ1) is 10.7. The molecule has 2 rings (SSSR count). The van der Waals surface area contributed by atoms with Crippen LogP contribution >= 0.6 is 15.9 Å². The predicted octanol–water partition coefficient (Wildman–Crippen LogP) is 2.37. The Kier molecular flexibility index (Phi) is 6.99. The highest BCUT2D eigenvalue weighted by molar-refractivity contribution is 9.10. The first-order valence-corrected chi connectivity index (χ1v) is 8.35. The minimum absolute atomic E-state index is 0.599. The highest BCUT2D eigenvalue weighted by Crippen LogP contribution is 2.18. The van der Waals surface area contributed by atoms with E-state index in [0.29, 0.717) is 12.5 Å². The molecule has 1 heterocycles. The molecule has 1 saturated heterocycles. The van der Waals surface area contributed by atoms with Gasteiger partial charge >= 0.3 is 0 Å². The van der Waals surface area contributed by atoms with Crippen molar-refractivity contribution in [2.45, 2.75) is 6.42 Å². The molecule has 0 aliphatic carbocycles. The van der Waals surface area contributed by atoms with Crippen LogP contribution in [0.5, 0.6) is 5.75 Å². The second-order valence-corrected chi connectivity index (χ2v) is 6.25. The van der Waals surface area contributed by atoms with Crippen LogP contribution in [0.1, 0.15) is 6.42 Å². The number of rotatable bonds is 6. The van der Waals surface area contributed by atoms with E-state index in [9.17, 15) is 0 Å². The molecule has 1 aliphatic heterocycles. The fraction of sp³-hybridized carbons (Fsp3) is 0.562. The molecule has 122 valence electrons. The van der Waals surface area contributed by atoms with Crippen LogP contribution in [-0.4, -0.2) is 57.9 Å². The smallest absolute Gasteiger partial charge is 0.193 e. The average Bonchev–Trinajstić information content (AvgIpc) is 2.96. The molecule has 1 atom stereocenters. The summed E-state index contributed by atoms with van der Waals surface area (Å²) in [5, 5.41) is 3.36. The summed E-state index contributed by atoms with van der Waals surface area (Å²) in [5.41, 5.74) is 0. The highest BCUT2D eigenvalue weighted by Gasteiger charge is 2.24. The topological polar surface area (TPSA) is 46.1 Å². The number of nitrogens with one attached hydrogen (secondary N) is 1. The Hall–Kier alpha value is -1.27. The van der Waals surface area contributed by atoms with Crippen LogP contribution in [0.15, 0.2) is 33.7 Å². The summed E-state index contributed by atoms with van der Waals surface area (Å²) in [5.74, 6) is 2.41. The van der Waals surface area contributed by atoms with Gasteiger partial charge < -0.3 is 19.7 Å². The third kappa shape index (κ3) is 5.18. The quantitative estimate of drug-likeness (QED) is 0.475. The zero-order valence-corrected chi connectivity index (χ0v) is 14.8. The molecule has 0 spiro atoms. The number of hydrogen-bond acceptors (Lipinski definition) is 3. The van der Waals surface area contributed by atoms with Gasteiger partial charge in [0.15, 0.2) is 5.96 Å². The van der Waals surface area contributed by atoms with E-state index < -0.39 is 0 Å². The minimum Gasteiger partial charge on any atom is -0.492 e. The first kappa shape index (κ1) is 17.1. The van der Waals surface area contributed by atoms with Gasteiger partial charge in [0.25, 0.3) is 0 Å². The van der Waals surface area contributed by atoms with Crippen LogP contribution in [0, 0.1) is 5.92 Å². The van der Waals surface area contributed by atoms with Gasteiger partial charge in [-0.1, -0.05) is 22.0 Å². The Labute approximate surface area is 140 Å². The Bertz CT molecular complexity index is 496. The summed E-state index contributed by atoms with van der Waals surface area (Å²) in [6.45, 7) is 4.18. The van der Waals surface area contributed by atoms with E-state index in [4.69, 9.17) is 9.47 Å². The number of benzene rings is 1. The average molecular weight is 370 g/mol. The largest absolute Gasteiger partial charge is 0.492 e. The van der Waals surface area contributed by atoms with Gasteiger partial charge in [-0.05, 0) is 24.6 Å². The molecule has 22 heavy (non-hydrogen) atoms. The van der Waals surface area contributed by atoms with Crippen molar-refractivity contribution in [3.8, 4) is 5.75 Å². The van der Waals surface area contributed by atoms with Gasteiger partial charge in [-0.25, -0.2) is 0 Å². The molecule has 1 aromatic carbocycles. The van der Waals surface area contributed by atoms with E-state index in [1.807, 2.05) is 31.3 Å². The van der Waals surface area contributed by atoms with E-state index in [1.54, 1.807) is 7.11 Å². The van der Waals surface area contributed by atoms with E-state index in [2.05, 4.69) is 31.1 Å². The molecule has 5 nitrogen and oxygen atoms in total. The summed E-state index contributed by atoms with van der Waals surface area (Å²) in [6, 6.07) is 7.86. The number of nitrogens with zero attached hydrogens (tertiary/aromatic N) is 2. The third-order valence-corrected chi connectivity index (χ3v) is 4.14. The van der Waals surface area contributed by atoms with Crippen LogP contribution in [0.25, 0.3) is 0 Å². The van der Waals surface area contributed by atoms with Gasteiger partial charge in [-0.2, -0.15) is 0 Å². The van der Waals surface area contributed by atoms with Crippen molar-refractivity contribution in [3.63, 3.8) is 0 Å². The maximum Gasteiger partial charge on any atom is 0.193 e. The van der Waals surface area contributed by atoms with Gasteiger partial charge in [-0.15, -0.1) is 0 Å². The molecule has 1 fully saturated rings. The molecule has 1 N–H and O–H groups in total. The molecule has 0 radical (unpaired) electrons. The molecule has 0 bridgehead atoms. The maximum atomic E-state index is 5.72. The van der Waals surface area contributed by atoms with Crippen LogP contribution in [0.4, 0.5) is 0 Å². The van der Waals surface area contributed by atoms with Crippen LogP contribution < -0.4 is 10.1 Å². The molecule has 1 aliphatic rings. The summed E-state index contributed by atoms with van der Waals surface area (Å²) in [7, 11) is 3.58. The molecule has 0 aromatic heterocycles. The van der Waals surface area contributed by atoms with E-state index in [1.165, 1.54) is 0 Å². The Balaban J connectivity index is 1.71. The summed E-state index contributed by atoms with van der Waals surface area (Å²) in [4.78, 5) is 6.63. The molecule has 1 aromatic rings. The number of hydrogen-bond donors (Lipinski definition) is 1. The lowest BCUT2D eigenvalue weighted by Gasteiger charge is -2.21. The molecule has 1 unspecified atom stereocenters. The van der Waals surface area contributed by atoms with Crippen molar-refractivity contribution in [3.05, 3.63) is 28.7 Å². The summed E-state index contributed by atoms with van der Waals surface area (Å²) in [6.07, 6.45) is 1.16. The van der Waals surface area contributed by atoms with Gasteiger partial charge in [0.1, 0.15) is 12.4 Å². The van der Waals surface area contributed by atoms with Gasteiger partial charge in [-0.3, -0.25) is 4.99 Å². The fourth-order valence-electron chi connectivity index (χ4n) is 2.62. The highest BCUT2D eigenvalue weighted by atomic mass is 79.9. The van der Waals surface area contributed by atoms with Gasteiger partial charge in [0.05, 0.1) is 13.2 Å². The molecule has 0 amide bonds. The van der Waals surface area contributed by atoms with Gasteiger partial charge in [0, 0.05) is 37.6 Å². The zero-order chi connectivity index (χ0) is 15.8. The number of aliphatic imine (C=N–C) groups is 1. The predicted molar refractivity (Wildman–Crippen MR) is 92.6 cm³/mol. The second kappa shape index (κ2) is 9.00. The number of methoxy groups -OCH3 is 1. The van der Waals surface area contributed by atoms with E-state index in [0.717, 1.165) is 48.8 Å². The Morgan fingerprint density at radius 2 is 2.36 bits per heavy atom. The lowest BCUT2D eigenvalue weighted by atomic mass is 10.1. The van der Waals surface area contributed by atoms with Crippen LogP contribution in [0.2, 0.25) is 0 Å². The lowest BCUT2D eigenvalue weighted by Crippen LogP contribution is -2.41. The lowest BCUT2D eigenvalue weighted by molar-refractivity contribution is 0.157. The first-order valence-electron chi connectivity index (χ1n) is 7.56. The van der Waals surface area contributed by atoms with Crippen LogP contribution in [0.3, 0.4) is 0 Å². The Morgan fingerprint density at radius 3 is 3.09 bits per heavy atom. The van der Waals surface area contributed by atoms with Crippen molar-refractivity contribution >= 4 is 21.9 Å². The van der Waals surface area contributed by atoms with Crippen molar-refractivity contribution < 1.29 is 9.47 Å². The van der Waals surface area contributed by atoms with Crippen molar-refractivity contribution in [2.24, 2.45) is 10.9 Å². The number of ether oxygens (including phenoxy) is 2. The number of guanidine groups is 1. The molecular weight excluding hydrogens is 346 g/mol. The summed E-state index contributed by atoms with van der Waals surface area (Å²) < 4.78 is 12.0. The monoisotopic (exact) mass is 369 g/mol.